The largest absolute Gasteiger partial charge is 0.369 e. The fourth-order valence-electron chi connectivity index (χ4n) is 2.10. The van der Waals surface area contributed by atoms with Crippen molar-refractivity contribution >= 4 is 39.7 Å². The molecule has 0 aliphatic rings. The maximum atomic E-state index is 4.83. The molecule has 2 heterocycles. The molecule has 0 spiro atoms. The highest BCUT2D eigenvalue weighted by molar-refractivity contribution is 14.1. The molecule has 0 aromatic carbocycles. The summed E-state index contributed by atoms with van der Waals surface area (Å²) < 4.78 is 1.15. The van der Waals surface area contributed by atoms with E-state index in [1.807, 2.05) is 0 Å². The van der Waals surface area contributed by atoms with Gasteiger partial charge in [0.05, 0.1) is 14.1 Å². The van der Waals surface area contributed by atoms with Crippen LogP contribution >= 0.6 is 33.9 Å². The Balaban J connectivity index is 2.47. The number of rotatable bonds is 6. The van der Waals surface area contributed by atoms with Gasteiger partial charge >= 0.3 is 0 Å². The Morgan fingerprint density at radius 2 is 2.00 bits per heavy atom. The first kappa shape index (κ1) is 16.7. The molecule has 0 saturated carbocycles. The third-order valence-corrected chi connectivity index (χ3v) is 5.46. The molecule has 0 unspecified atom stereocenters. The molecular formula is C16H22IN3S. The molecule has 2 aromatic heterocycles. The van der Waals surface area contributed by atoms with Gasteiger partial charge in [-0.3, -0.25) is 0 Å². The molecule has 3 nitrogen and oxygen atoms in total. The Hall–Kier alpha value is -0.690. The number of aryl methyl sites for hydroxylation is 1. The van der Waals surface area contributed by atoms with Gasteiger partial charge in [-0.2, -0.15) is 0 Å². The van der Waals surface area contributed by atoms with Crippen LogP contribution in [0, 0.1) is 9.49 Å². The summed E-state index contributed by atoms with van der Waals surface area (Å²) in [5.41, 5.74) is 1.15. The highest BCUT2D eigenvalue weighted by Crippen LogP contribution is 2.30. The molecule has 0 amide bonds. The molecule has 0 atom stereocenters. The van der Waals surface area contributed by atoms with E-state index < -0.39 is 0 Å². The van der Waals surface area contributed by atoms with Gasteiger partial charge in [-0.1, -0.05) is 20.8 Å². The summed E-state index contributed by atoms with van der Waals surface area (Å²) in [5.74, 6) is 2.40. The van der Waals surface area contributed by atoms with Crippen LogP contribution in [-0.4, -0.2) is 16.5 Å². The zero-order valence-corrected chi connectivity index (χ0v) is 16.0. The quantitative estimate of drug-likeness (QED) is 0.675. The maximum absolute atomic E-state index is 4.83. The molecular weight excluding hydrogens is 393 g/mol. The number of nitrogens with zero attached hydrogens (tertiary/aromatic N) is 2. The number of nitrogens with one attached hydrogen (secondary N) is 1. The number of aromatic nitrogens is 2. The fourth-order valence-corrected chi connectivity index (χ4v) is 3.63. The van der Waals surface area contributed by atoms with Crippen LogP contribution < -0.4 is 5.32 Å². The molecule has 2 rings (SSSR count). The van der Waals surface area contributed by atoms with Crippen molar-refractivity contribution in [1.82, 2.24) is 9.97 Å². The Kier molecular flexibility index (Phi) is 5.98. The van der Waals surface area contributed by atoms with Crippen molar-refractivity contribution in [3.05, 3.63) is 26.3 Å². The molecule has 0 radical (unpaired) electrons. The van der Waals surface area contributed by atoms with E-state index in [4.69, 9.17) is 9.97 Å². The maximum Gasteiger partial charge on any atom is 0.171 e. The molecule has 0 aliphatic carbocycles. The third-order valence-electron chi connectivity index (χ3n) is 3.10. The van der Waals surface area contributed by atoms with Crippen molar-refractivity contribution in [1.29, 1.82) is 0 Å². The van der Waals surface area contributed by atoms with Crippen LogP contribution in [0.1, 0.15) is 38.3 Å². The van der Waals surface area contributed by atoms with E-state index in [1.165, 1.54) is 4.88 Å². The highest BCUT2D eigenvalue weighted by Gasteiger charge is 2.15. The van der Waals surface area contributed by atoms with Gasteiger partial charge in [0.1, 0.15) is 5.82 Å². The lowest BCUT2D eigenvalue weighted by Crippen LogP contribution is -2.09. The van der Waals surface area contributed by atoms with Crippen LogP contribution in [0.5, 0.6) is 0 Å². The average molecular weight is 415 g/mol. The van der Waals surface area contributed by atoms with Crippen LogP contribution in [0.25, 0.3) is 10.7 Å². The lowest BCUT2D eigenvalue weighted by atomic mass is 10.1. The molecule has 5 heteroatoms. The van der Waals surface area contributed by atoms with Gasteiger partial charge in [-0.25, -0.2) is 9.97 Å². The first-order chi connectivity index (χ1) is 10.0. The van der Waals surface area contributed by atoms with Crippen LogP contribution in [0.15, 0.2) is 12.1 Å². The van der Waals surface area contributed by atoms with Gasteiger partial charge < -0.3 is 5.32 Å². The van der Waals surface area contributed by atoms with Crippen LogP contribution in [0.3, 0.4) is 0 Å². The van der Waals surface area contributed by atoms with Gasteiger partial charge in [-0.05, 0) is 60.4 Å². The van der Waals surface area contributed by atoms with E-state index in [2.05, 4.69) is 67.7 Å². The topological polar surface area (TPSA) is 37.8 Å². The Bertz CT molecular complexity index is 608. The second-order valence-corrected chi connectivity index (χ2v) is 7.65. The normalized spacial score (nSPS) is 11.1. The van der Waals surface area contributed by atoms with Gasteiger partial charge in [0.2, 0.25) is 0 Å². The second kappa shape index (κ2) is 7.54. The SMILES string of the molecule is CCNc1nc(-c2ccc(CC)s2)nc(CC(C)C)c1I. The van der Waals surface area contributed by atoms with Crippen molar-refractivity contribution < 1.29 is 0 Å². The van der Waals surface area contributed by atoms with Crippen molar-refractivity contribution in [3.63, 3.8) is 0 Å². The number of anilines is 1. The van der Waals surface area contributed by atoms with E-state index in [0.717, 1.165) is 45.2 Å². The molecule has 114 valence electrons. The summed E-state index contributed by atoms with van der Waals surface area (Å²) in [6.45, 7) is 9.60. The summed E-state index contributed by atoms with van der Waals surface area (Å²) in [4.78, 5) is 12.1. The number of hydrogen-bond donors (Lipinski definition) is 1. The first-order valence-electron chi connectivity index (χ1n) is 7.44. The van der Waals surface area contributed by atoms with Crippen LogP contribution in [0.2, 0.25) is 0 Å². The smallest absolute Gasteiger partial charge is 0.171 e. The van der Waals surface area contributed by atoms with Crippen LogP contribution in [0.4, 0.5) is 5.82 Å². The predicted molar refractivity (Wildman–Crippen MR) is 100 cm³/mol. The molecule has 0 fully saturated rings. The summed E-state index contributed by atoms with van der Waals surface area (Å²) in [6.07, 6.45) is 2.05. The minimum atomic E-state index is 0.588. The monoisotopic (exact) mass is 415 g/mol. The molecule has 2 aromatic rings. The summed E-state index contributed by atoms with van der Waals surface area (Å²) in [6, 6.07) is 4.32. The predicted octanol–water partition coefficient (Wildman–Crippen LogP) is 5.00. The van der Waals surface area contributed by atoms with Gasteiger partial charge in [-0.15, -0.1) is 11.3 Å². The van der Waals surface area contributed by atoms with Gasteiger partial charge in [0, 0.05) is 11.4 Å². The van der Waals surface area contributed by atoms with Crippen molar-refractivity contribution in [2.24, 2.45) is 5.92 Å². The summed E-state index contributed by atoms with van der Waals surface area (Å²) >= 11 is 4.15. The summed E-state index contributed by atoms with van der Waals surface area (Å²) in [7, 11) is 0. The third kappa shape index (κ3) is 4.16. The zero-order chi connectivity index (χ0) is 15.4. The molecule has 21 heavy (non-hydrogen) atoms. The number of halogens is 1. The van der Waals surface area contributed by atoms with Crippen molar-refractivity contribution in [3.8, 4) is 10.7 Å². The number of hydrogen-bond acceptors (Lipinski definition) is 4. The Morgan fingerprint density at radius 1 is 1.24 bits per heavy atom. The highest BCUT2D eigenvalue weighted by atomic mass is 127. The van der Waals surface area contributed by atoms with E-state index in [-0.39, 0.29) is 0 Å². The first-order valence-corrected chi connectivity index (χ1v) is 9.34. The van der Waals surface area contributed by atoms with Crippen LogP contribution in [-0.2, 0) is 12.8 Å². The Labute approximate surface area is 144 Å². The molecule has 1 N–H and O–H groups in total. The van der Waals surface area contributed by atoms with E-state index in [0.29, 0.717) is 5.92 Å². The molecule has 0 saturated heterocycles. The van der Waals surface area contributed by atoms with Gasteiger partial charge in [0.25, 0.3) is 0 Å². The minimum Gasteiger partial charge on any atom is -0.369 e. The van der Waals surface area contributed by atoms with Crippen molar-refractivity contribution in [2.45, 2.75) is 40.5 Å². The minimum absolute atomic E-state index is 0.588. The van der Waals surface area contributed by atoms with E-state index >= 15 is 0 Å². The second-order valence-electron chi connectivity index (χ2n) is 5.40. The van der Waals surface area contributed by atoms with E-state index in [1.54, 1.807) is 11.3 Å². The average Bonchev–Trinajstić information content (AvgIpc) is 2.91. The lowest BCUT2D eigenvalue weighted by Gasteiger charge is -2.13. The molecule has 0 bridgehead atoms. The van der Waals surface area contributed by atoms with E-state index in [9.17, 15) is 0 Å². The Morgan fingerprint density at radius 3 is 2.57 bits per heavy atom. The fraction of sp³-hybridized carbons (Fsp3) is 0.500. The number of thiophene rings is 1. The molecule has 0 aliphatic heterocycles. The zero-order valence-electron chi connectivity index (χ0n) is 13.0. The lowest BCUT2D eigenvalue weighted by molar-refractivity contribution is 0.632. The van der Waals surface area contributed by atoms with Gasteiger partial charge in [0.15, 0.2) is 5.82 Å². The van der Waals surface area contributed by atoms with Crippen molar-refractivity contribution in [2.75, 3.05) is 11.9 Å². The standard InChI is InChI=1S/C16H22IN3S/c1-5-11-7-8-13(21-11)15-19-12(9-10(3)4)14(17)16(20-15)18-6-2/h7-8,10H,5-6,9H2,1-4H3,(H,18,19,20). The summed E-state index contributed by atoms with van der Waals surface area (Å²) in [5, 5.41) is 3.37.